The van der Waals surface area contributed by atoms with Crippen LogP contribution in [0.3, 0.4) is 0 Å². The lowest BCUT2D eigenvalue weighted by Crippen LogP contribution is -2.30. The van der Waals surface area contributed by atoms with Crippen LogP contribution >= 0.6 is 34.5 Å². The zero-order chi connectivity index (χ0) is 22.2. The number of carbonyl (C=O) groups excluding carboxylic acids is 1. The zero-order valence-corrected chi connectivity index (χ0v) is 19.3. The maximum atomic E-state index is 13.4. The predicted octanol–water partition coefficient (Wildman–Crippen LogP) is 4.45. The first-order chi connectivity index (χ1) is 15.5. The van der Waals surface area contributed by atoms with E-state index in [-0.39, 0.29) is 17.9 Å². The molecule has 32 heavy (non-hydrogen) atoms. The van der Waals surface area contributed by atoms with Crippen molar-refractivity contribution in [1.29, 1.82) is 0 Å². The van der Waals surface area contributed by atoms with Gasteiger partial charge < -0.3 is 15.7 Å². The van der Waals surface area contributed by atoms with Crippen LogP contribution in [-0.2, 0) is 6.42 Å². The van der Waals surface area contributed by atoms with E-state index in [1.807, 2.05) is 24.6 Å². The topological polar surface area (TPSA) is 87.1 Å². The van der Waals surface area contributed by atoms with Crippen LogP contribution in [0.25, 0.3) is 0 Å². The molecule has 3 heterocycles. The molecule has 5 rings (SSSR count). The number of aliphatic hydroxyl groups is 1. The monoisotopic (exact) mass is 487 g/mol. The number of benzene rings is 1. The normalized spacial score (nSPS) is 22.5. The minimum atomic E-state index is -0.438. The number of nitrogens with zero attached hydrogens (tertiary/aromatic N) is 2. The van der Waals surface area contributed by atoms with Crippen molar-refractivity contribution >= 4 is 46.1 Å². The molecule has 6 nitrogen and oxygen atoms in total. The molecule has 1 aromatic carbocycles. The summed E-state index contributed by atoms with van der Waals surface area (Å²) in [4.78, 5) is 22.2. The first-order valence-corrected chi connectivity index (χ1v) is 12.0. The van der Waals surface area contributed by atoms with Gasteiger partial charge in [-0.1, -0.05) is 29.3 Å². The first kappa shape index (κ1) is 21.8. The third-order valence-electron chi connectivity index (χ3n) is 5.93. The van der Waals surface area contributed by atoms with Gasteiger partial charge in [0, 0.05) is 29.4 Å². The highest BCUT2D eigenvalue weighted by Crippen LogP contribution is 2.39. The Bertz CT molecular complexity index is 1170. The Balaban J connectivity index is 1.44. The molecular formula is C23H21Cl2N4O2S. The van der Waals surface area contributed by atoms with Gasteiger partial charge in [-0.3, -0.25) is 4.79 Å². The van der Waals surface area contributed by atoms with E-state index in [4.69, 9.17) is 23.2 Å². The molecule has 3 N–H and O–H groups in total. The summed E-state index contributed by atoms with van der Waals surface area (Å²) in [6, 6.07) is 7.67. The smallest absolute Gasteiger partial charge is 0.208 e. The molecule has 165 valence electrons. The second-order valence-corrected chi connectivity index (χ2v) is 10.1. The summed E-state index contributed by atoms with van der Waals surface area (Å²) in [7, 11) is 0. The summed E-state index contributed by atoms with van der Waals surface area (Å²) in [5.74, 6) is 0.285. The molecule has 1 radical (unpaired) electrons. The molecule has 2 aliphatic rings. The number of hydrogen-bond donors (Lipinski definition) is 3. The highest BCUT2D eigenvalue weighted by atomic mass is 35.5. The van der Waals surface area contributed by atoms with Crippen LogP contribution in [0.15, 0.2) is 36.8 Å². The average Bonchev–Trinajstić information content (AvgIpc) is 3.38. The number of hydrogen-bond acceptors (Lipinski definition) is 7. The number of anilines is 1. The van der Waals surface area contributed by atoms with Crippen LogP contribution in [0.5, 0.6) is 0 Å². The fourth-order valence-corrected chi connectivity index (χ4v) is 5.82. The number of thiophene rings is 1. The van der Waals surface area contributed by atoms with Gasteiger partial charge in [-0.2, -0.15) is 0 Å². The van der Waals surface area contributed by atoms with Gasteiger partial charge in [0.05, 0.1) is 26.9 Å². The van der Waals surface area contributed by atoms with Crippen LogP contribution < -0.4 is 10.6 Å². The van der Waals surface area contributed by atoms with Crippen molar-refractivity contribution in [2.45, 2.75) is 37.5 Å². The molecule has 0 amide bonds. The fraction of sp³-hybridized carbons (Fsp3) is 0.304. The second kappa shape index (κ2) is 9.08. The predicted molar refractivity (Wildman–Crippen MR) is 127 cm³/mol. The molecule has 3 atom stereocenters. The third-order valence-corrected chi connectivity index (χ3v) is 7.55. The highest BCUT2D eigenvalue weighted by molar-refractivity contribution is 7.18. The van der Waals surface area contributed by atoms with E-state index in [0.29, 0.717) is 38.5 Å². The Kier molecular flexibility index (Phi) is 6.18. The van der Waals surface area contributed by atoms with Gasteiger partial charge >= 0.3 is 0 Å². The number of fused-ring (bicyclic) bond motifs is 1. The molecule has 1 saturated carbocycles. The number of carbonyl (C=O) groups is 1. The molecule has 0 saturated heterocycles. The zero-order valence-electron chi connectivity index (χ0n) is 17.0. The first-order valence-electron chi connectivity index (χ1n) is 10.4. The Morgan fingerprint density at radius 3 is 2.94 bits per heavy atom. The number of aromatic nitrogens is 2. The number of rotatable bonds is 5. The van der Waals surface area contributed by atoms with Gasteiger partial charge in [0.1, 0.15) is 12.1 Å². The van der Waals surface area contributed by atoms with E-state index < -0.39 is 6.10 Å². The van der Waals surface area contributed by atoms with Crippen molar-refractivity contribution in [2.75, 3.05) is 11.9 Å². The van der Waals surface area contributed by atoms with E-state index in [2.05, 4.69) is 26.7 Å². The van der Waals surface area contributed by atoms with Crippen molar-refractivity contribution in [3.8, 4) is 0 Å². The molecule has 1 aliphatic carbocycles. The Morgan fingerprint density at radius 2 is 2.12 bits per heavy atom. The summed E-state index contributed by atoms with van der Waals surface area (Å²) >= 11 is 14.1. The van der Waals surface area contributed by atoms with Gasteiger partial charge in [-0.05, 0) is 55.0 Å². The molecule has 2 aromatic heterocycles. The SMILES string of the molecule is O=C(c1cc([C@@H]2NCCc3ccc(Cl)cc32)c(Cl)s1)c1cncnc1N[C@@H]1C[CH][C@H](O)C1. The lowest BCUT2D eigenvalue weighted by atomic mass is 9.91. The van der Waals surface area contributed by atoms with Crippen LogP contribution in [-0.4, -0.2) is 39.5 Å². The number of aliphatic hydroxyl groups excluding tert-OH is 1. The maximum absolute atomic E-state index is 13.4. The van der Waals surface area contributed by atoms with Crippen LogP contribution in [0.1, 0.15) is 50.8 Å². The molecule has 3 aromatic rings. The highest BCUT2D eigenvalue weighted by Gasteiger charge is 2.29. The average molecular weight is 488 g/mol. The fourth-order valence-electron chi connectivity index (χ4n) is 4.35. The molecule has 0 spiro atoms. The number of halogens is 2. The summed E-state index contributed by atoms with van der Waals surface area (Å²) in [6.45, 7) is 0.819. The lowest BCUT2D eigenvalue weighted by Gasteiger charge is -2.27. The van der Waals surface area contributed by atoms with Crippen LogP contribution in [0, 0.1) is 6.42 Å². The van der Waals surface area contributed by atoms with Gasteiger partial charge in [0.2, 0.25) is 5.78 Å². The maximum Gasteiger partial charge on any atom is 0.208 e. The van der Waals surface area contributed by atoms with Crippen LogP contribution in [0.4, 0.5) is 5.82 Å². The minimum absolute atomic E-state index is 0.0293. The quantitative estimate of drug-likeness (QED) is 0.460. The van der Waals surface area contributed by atoms with Crippen molar-refractivity contribution in [1.82, 2.24) is 15.3 Å². The van der Waals surface area contributed by atoms with Gasteiger partial charge in [-0.25, -0.2) is 9.97 Å². The molecule has 1 aliphatic heterocycles. The molecular weight excluding hydrogens is 467 g/mol. The molecule has 0 unspecified atom stereocenters. The minimum Gasteiger partial charge on any atom is -0.393 e. The van der Waals surface area contributed by atoms with Gasteiger partial charge in [0.15, 0.2) is 0 Å². The van der Waals surface area contributed by atoms with Crippen molar-refractivity contribution < 1.29 is 9.90 Å². The van der Waals surface area contributed by atoms with Crippen LogP contribution in [0.2, 0.25) is 9.36 Å². The van der Waals surface area contributed by atoms with Gasteiger partial charge in [0.25, 0.3) is 0 Å². The summed E-state index contributed by atoms with van der Waals surface area (Å²) in [5.41, 5.74) is 3.57. The number of nitrogens with one attached hydrogen (secondary N) is 2. The standard InChI is InChI=1S/C23H21Cl2N4O2S/c24-13-2-1-12-5-6-27-20(16(12)7-13)17-9-19(32-22(17)25)21(31)18-10-26-11-28-23(18)29-14-3-4-15(30)8-14/h1-2,4,7,9-11,14-15,20,27,30H,3,5-6,8H2,(H,26,28,29)/t14-,15+,20-/m1/s1. The van der Waals surface area contributed by atoms with Crippen molar-refractivity contribution in [3.05, 3.63) is 79.7 Å². The molecule has 0 bridgehead atoms. The molecule has 1 fully saturated rings. The largest absolute Gasteiger partial charge is 0.393 e. The lowest BCUT2D eigenvalue weighted by molar-refractivity contribution is 0.104. The van der Waals surface area contributed by atoms with E-state index >= 15 is 0 Å². The van der Waals surface area contributed by atoms with Crippen molar-refractivity contribution in [2.24, 2.45) is 0 Å². The summed E-state index contributed by atoms with van der Waals surface area (Å²) in [6.07, 6.45) is 6.56. The van der Waals surface area contributed by atoms with E-state index in [1.54, 1.807) is 0 Å². The molecule has 9 heteroatoms. The number of ketones is 1. The Labute approximate surface area is 200 Å². The second-order valence-electron chi connectivity index (χ2n) is 8.05. The van der Waals surface area contributed by atoms with E-state index in [9.17, 15) is 9.90 Å². The van der Waals surface area contributed by atoms with Crippen molar-refractivity contribution in [3.63, 3.8) is 0 Å². The Hall–Kier alpha value is -2.03. The van der Waals surface area contributed by atoms with Gasteiger partial charge in [-0.15, -0.1) is 11.3 Å². The van der Waals surface area contributed by atoms with E-state index in [1.165, 1.54) is 29.4 Å². The summed E-state index contributed by atoms with van der Waals surface area (Å²) in [5, 5.41) is 17.2. The van der Waals surface area contributed by atoms with E-state index in [0.717, 1.165) is 24.1 Å². The third kappa shape index (κ3) is 4.28. The summed E-state index contributed by atoms with van der Waals surface area (Å²) < 4.78 is 0.568. The Morgan fingerprint density at radius 1 is 1.25 bits per heavy atom.